The first-order chi connectivity index (χ1) is 10.1. The Kier molecular flexibility index (Phi) is 3.84. The molecule has 1 heterocycles. The highest BCUT2D eigenvalue weighted by molar-refractivity contribution is 7.17. The van der Waals surface area contributed by atoms with Crippen LogP contribution in [0.2, 0.25) is 0 Å². The van der Waals surface area contributed by atoms with Crippen LogP contribution in [-0.2, 0) is 17.6 Å². The molecule has 0 saturated carbocycles. The van der Waals surface area contributed by atoms with E-state index in [0.29, 0.717) is 5.75 Å². The van der Waals surface area contributed by atoms with E-state index in [2.05, 4.69) is 5.32 Å². The molecule has 1 aliphatic rings. The van der Waals surface area contributed by atoms with Gasteiger partial charge >= 0.3 is 0 Å². The SMILES string of the molecule is Cc1cccc(OCC(=O)Nc2sc3c(c2N)CCC3)c1. The Balaban J connectivity index is 1.59. The maximum Gasteiger partial charge on any atom is 0.262 e. The fraction of sp³-hybridized carbons (Fsp3) is 0.312. The van der Waals surface area contributed by atoms with Gasteiger partial charge in [0.05, 0.1) is 5.69 Å². The predicted molar refractivity (Wildman–Crippen MR) is 86.1 cm³/mol. The summed E-state index contributed by atoms with van der Waals surface area (Å²) in [5, 5.41) is 3.62. The molecule has 0 aliphatic heterocycles. The Morgan fingerprint density at radius 3 is 3.05 bits per heavy atom. The second-order valence-electron chi connectivity index (χ2n) is 5.25. The van der Waals surface area contributed by atoms with Gasteiger partial charge in [-0.15, -0.1) is 11.3 Å². The largest absolute Gasteiger partial charge is 0.484 e. The highest BCUT2D eigenvalue weighted by Gasteiger charge is 2.21. The molecule has 0 saturated heterocycles. The second-order valence-corrected chi connectivity index (χ2v) is 6.36. The highest BCUT2D eigenvalue weighted by Crippen LogP contribution is 2.40. The minimum Gasteiger partial charge on any atom is -0.484 e. The molecule has 3 N–H and O–H groups in total. The Labute approximate surface area is 127 Å². The third-order valence-corrected chi connectivity index (χ3v) is 4.80. The van der Waals surface area contributed by atoms with Gasteiger partial charge in [0.25, 0.3) is 5.91 Å². The van der Waals surface area contributed by atoms with E-state index in [4.69, 9.17) is 10.5 Å². The lowest BCUT2D eigenvalue weighted by molar-refractivity contribution is -0.118. The van der Waals surface area contributed by atoms with Crippen LogP contribution in [0.4, 0.5) is 10.7 Å². The Morgan fingerprint density at radius 1 is 1.43 bits per heavy atom. The topological polar surface area (TPSA) is 64.3 Å². The zero-order chi connectivity index (χ0) is 14.8. The van der Waals surface area contributed by atoms with Crippen molar-refractivity contribution in [2.45, 2.75) is 26.2 Å². The fourth-order valence-corrected chi connectivity index (χ4v) is 3.76. The number of nitrogens with two attached hydrogens (primary N) is 1. The number of hydrogen-bond acceptors (Lipinski definition) is 4. The van der Waals surface area contributed by atoms with Crippen molar-refractivity contribution < 1.29 is 9.53 Å². The van der Waals surface area contributed by atoms with Crippen molar-refractivity contribution in [3.05, 3.63) is 40.3 Å². The number of aryl methyl sites for hydroxylation is 2. The van der Waals surface area contributed by atoms with Gasteiger partial charge in [-0.25, -0.2) is 0 Å². The number of nitrogens with one attached hydrogen (secondary N) is 1. The molecule has 0 fully saturated rings. The van der Waals surface area contributed by atoms with Gasteiger partial charge in [0.15, 0.2) is 6.61 Å². The number of thiophene rings is 1. The zero-order valence-corrected chi connectivity index (χ0v) is 12.8. The number of nitrogen functional groups attached to an aromatic ring is 1. The summed E-state index contributed by atoms with van der Waals surface area (Å²) in [6.07, 6.45) is 3.25. The smallest absolute Gasteiger partial charge is 0.262 e. The van der Waals surface area contributed by atoms with Crippen LogP contribution in [0.5, 0.6) is 5.75 Å². The molecule has 0 radical (unpaired) electrons. The highest BCUT2D eigenvalue weighted by atomic mass is 32.1. The maximum atomic E-state index is 12.0. The molecular weight excluding hydrogens is 284 g/mol. The number of benzene rings is 1. The molecule has 1 aromatic carbocycles. The molecule has 110 valence electrons. The van der Waals surface area contributed by atoms with E-state index in [1.807, 2.05) is 31.2 Å². The molecular formula is C16H18N2O2S. The van der Waals surface area contributed by atoms with Crippen LogP contribution >= 0.6 is 11.3 Å². The molecule has 1 aliphatic carbocycles. The van der Waals surface area contributed by atoms with Crippen LogP contribution in [0.25, 0.3) is 0 Å². The van der Waals surface area contributed by atoms with E-state index in [0.717, 1.165) is 35.5 Å². The summed E-state index contributed by atoms with van der Waals surface area (Å²) in [5.41, 5.74) is 9.14. The first-order valence-corrected chi connectivity index (χ1v) is 7.84. The van der Waals surface area contributed by atoms with Gasteiger partial charge in [0.1, 0.15) is 10.8 Å². The lowest BCUT2D eigenvalue weighted by Gasteiger charge is -2.07. The summed E-state index contributed by atoms with van der Waals surface area (Å²) in [6, 6.07) is 7.64. The van der Waals surface area contributed by atoms with Gasteiger partial charge in [0, 0.05) is 4.88 Å². The average molecular weight is 302 g/mol. The molecule has 0 unspecified atom stereocenters. The van der Waals surface area contributed by atoms with Crippen molar-refractivity contribution in [1.82, 2.24) is 0 Å². The Hall–Kier alpha value is -2.01. The predicted octanol–water partition coefficient (Wildman–Crippen LogP) is 3.14. The van der Waals surface area contributed by atoms with Crippen molar-refractivity contribution >= 4 is 27.9 Å². The van der Waals surface area contributed by atoms with Crippen molar-refractivity contribution in [3.63, 3.8) is 0 Å². The van der Waals surface area contributed by atoms with E-state index in [9.17, 15) is 4.79 Å². The van der Waals surface area contributed by atoms with E-state index >= 15 is 0 Å². The number of rotatable bonds is 4. The van der Waals surface area contributed by atoms with Crippen molar-refractivity contribution in [2.24, 2.45) is 0 Å². The van der Waals surface area contributed by atoms with Gasteiger partial charge in [-0.05, 0) is 49.4 Å². The Bertz CT molecular complexity index is 679. The fourth-order valence-electron chi connectivity index (χ4n) is 2.54. The lowest BCUT2D eigenvalue weighted by atomic mass is 10.2. The number of anilines is 2. The van der Waals surface area contributed by atoms with Crippen molar-refractivity contribution in [1.29, 1.82) is 0 Å². The van der Waals surface area contributed by atoms with Crippen LogP contribution in [0.1, 0.15) is 22.4 Å². The number of amides is 1. The number of ether oxygens (including phenoxy) is 1. The molecule has 2 aromatic rings. The van der Waals surface area contributed by atoms with Gasteiger partial charge in [-0.3, -0.25) is 4.79 Å². The van der Waals surface area contributed by atoms with Gasteiger partial charge in [-0.1, -0.05) is 12.1 Å². The zero-order valence-electron chi connectivity index (χ0n) is 11.9. The minimum absolute atomic E-state index is 0.00847. The van der Waals surface area contributed by atoms with Crippen LogP contribution in [0.15, 0.2) is 24.3 Å². The molecule has 0 atom stereocenters. The maximum absolute atomic E-state index is 12.0. The van der Waals surface area contributed by atoms with Crippen LogP contribution in [-0.4, -0.2) is 12.5 Å². The molecule has 3 rings (SSSR count). The third-order valence-electron chi connectivity index (χ3n) is 3.57. The summed E-state index contributed by atoms with van der Waals surface area (Å²) in [7, 11) is 0. The molecule has 4 nitrogen and oxygen atoms in total. The number of carbonyl (C=O) groups excluding carboxylic acids is 1. The molecule has 1 amide bonds. The van der Waals surface area contributed by atoms with Gasteiger partial charge < -0.3 is 15.8 Å². The third kappa shape index (κ3) is 3.03. The van der Waals surface area contributed by atoms with Crippen LogP contribution in [0.3, 0.4) is 0 Å². The summed E-state index contributed by atoms with van der Waals surface area (Å²) in [5.74, 6) is 0.523. The van der Waals surface area contributed by atoms with Gasteiger partial charge in [-0.2, -0.15) is 0 Å². The summed E-state index contributed by atoms with van der Waals surface area (Å²) >= 11 is 1.59. The van der Waals surface area contributed by atoms with Crippen LogP contribution in [0, 0.1) is 6.92 Å². The van der Waals surface area contributed by atoms with Crippen molar-refractivity contribution in [3.8, 4) is 5.75 Å². The van der Waals surface area contributed by atoms with E-state index < -0.39 is 0 Å². The van der Waals surface area contributed by atoms with E-state index in [-0.39, 0.29) is 12.5 Å². The first kappa shape index (κ1) is 13.9. The van der Waals surface area contributed by atoms with Crippen molar-refractivity contribution in [2.75, 3.05) is 17.7 Å². The number of carbonyl (C=O) groups is 1. The second kappa shape index (κ2) is 5.77. The minimum atomic E-state index is -0.178. The molecule has 5 heteroatoms. The van der Waals surface area contributed by atoms with E-state index in [1.54, 1.807) is 11.3 Å². The molecule has 0 spiro atoms. The summed E-state index contributed by atoms with van der Waals surface area (Å²) in [6.45, 7) is 1.98. The average Bonchev–Trinajstić information content (AvgIpc) is 3.01. The molecule has 1 aromatic heterocycles. The monoisotopic (exact) mass is 302 g/mol. The molecule has 21 heavy (non-hydrogen) atoms. The standard InChI is InChI=1S/C16H18N2O2S/c1-10-4-2-5-11(8-10)20-9-14(19)18-16-15(17)12-6-3-7-13(12)21-16/h2,4-5,8H,3,6-7,9,17H2,1H3,(H,18,19). The van der Waals surface area contributed by atoms with Crippen LogP contribution < -0.4 is 15.8 Å². The van der Waals surface area contributed by atoms with E-state index in [1.165, 1.54) is 10.4 Å². The normalized spacial score (nSPS) is 13.0. The number of fused-ring (bicyclic) bond motifs is 1. The quantitative estimate of drug-likeness (QED) is 0.912. The summed E-state index contributed by atoms with van der Waals surface area (Å²) < 4.78 is 5.49. The summed E-state index contributed by atoms with van der Waals surface area (Å²) in [4.78, 5) is 13.3. The lowest BCUT2D eigenvalue weighted by Crippen LogP contribution is -2.20. The first-order valence-electron chi connectivity index (χ1n) is 7.03. The Morgan fingerprint density at radius 2 is 2.29 bits per heavy atom. The number of hydrogen-bond donors (Lipinski definition) is 2. The van der Waals surface area contributed by atoms with Gasteiger partial charge in [0.2, 0.25) is 0 Å². The molecule has 0 bridgehead atoms.